The number of hydrogen-bond donors (Lipinski definition) is 2. The number of benzene rings is 1. The van der Waals surface area contributed by atoms with E-state index in [2.05, 4.69) is 5.32 Å². The highest BCUT2D eigenvalue weighted by Gasteiger charge is 2.07. The summed E-state index contributed by atoms with van der Waals surface area (Å²) in [7, 11) is -3.24. The minimum Gasteiger partial charge on any atom is -0.465 e. The third-order valence-corrected chi connectivity index (χ3v) is 2.88. The van der Waals surface area contributed by atoms with Crippen molar-refractivity contribution in [2.75, 3.05) is 6.26 Å². The molecule has 0 aliphatic rings. The van der Waals surface area contributed by atoms with E-state index in [1.54, 1.807) is 12.1 Å². The van der Waals surface area contributed by atoms with E-state index in [9.17, 15) is 13.2 Å². The van der Waals surface area contributed by atoms with Crippen LogP contribution in [0.15, 0.2) is 29.2 Å². The van der Waals surface area contributed by atoms with E-state index < -0.39 is 15.9 Å². The van der Waals surface area contributed by atoms with Gasteiger partial charge in [0.1, 0.15) is 0 Å². The molecule has 0 saturated carbocycles. The Balaban J connectivity index is 2.89. The molecule has 82 valence electrons. The second-order valence-electron chi connectivity index (χ2n) is 3.08. The molecule has 0 aliphatic carbocycles. The second-order valence-corrected chi connectivity index (χ2v) is 5.09. The van der Waals surface area contributed by atoms with E-state index in [0.717, 1.165) is 6.26 Å². The first kappa shape index (κ1) is 11.5. The Kier molecular flexibility index (Phi) is 3.31. The topological polar surface area (TPSA) is 83.5 Å². The van der Waals surface area contributed by atoms with Crippen LogP contribution in [0, 0.1) is 0 Å². The Bertz CT molecular complexity index is 467. The number of hydrogen-bond acceptors (Lipinski definition) is 3. The average Bonchev–Trinajstić information content (AvgIpc) is 2.14. The van der Waals surface area contributed by atoms with Crippen molar-refractivity contribution in [1.29, 1.82) is 0 Å². The molecule has 1 aromatic rings. The van der Waals surface area contributed by atoms with Gasteiger partial charge in [-0.05, 0) is 17.7 Å². The summed E-state index contributed by atoms with van der Waals surface area (Å²) in [5.74, 6) is 0. The minimum absolute atomic E-state index is 0.0959. The largest absolute Gasteiger partial charge is 0.465 e. The van der Waals surface area contributed by atoms with Gasteiger partial charge in [-0.25, -0.2) is 13.2 Å². The summed E-state index contributed by atoms with van der Waals surface area (Å²) in [5.41, 5.74) is 0.611. The molecule has 0 fully saturated rings. The van der Waals surface area contributed by atoms with Crippen molar-refractivity contribution in [3.05, 3.63) is 29.8 Å². The molecule has 0 atom stereocenters. The third kappa shape index (κ3) is 3.59. The van der Waals surface area contributed by atoms with Gasteiger partial charge >= 0.3 is 6.09 Å². The Hall–Kier alpha value is -1.56. The van der Waals surface area contributed by atoms with Crippen molar-refractivity contribution in [2.24, 2.45) is 0 Å². The summed E-state index contributed by atoms with van der Waals surface area (Å²) in [6, 6.07) is 6.16. The molecule has 0 spiro atoms. The molecule has 0 radical (unpaired) electrons. The van der Waals surface area contributed by atoms with Crippen LogP contribution in [-0.4, -0.2) is 25.9 Å². The van der Waals surface area contributed by atoms with Crippen molar-refractivity contribution in [3.8, 4) is 0 Å². The van der Waals surface area contributed by atoms with Gasteiger partial charge in [-0.1, -0.05) is 12.1 Å². The molecule has 2 N–H and O–H groups in total. The van der Waals surface area contributed by atoms with E-state index in [0.29, 0.717) is 5.56 Å². The maximum atomic E-state index is 11.2. The number of carboxylic acid groups (broad SMARTS) is 1. The highest BCUT2D eigenvalue weighted by molar-refractivity contribution is 7.90. The highest BCUT2D eigenvalue weighted by atomic mass is 32.2. The number of nitrogens with one attached hydrogen (secondary N) is 1. The van der Waals surface area contributed by atoms with Crippen LogP contribution in [0.25, 0.3) is 0 Å². The molecule has 15 heavy (non-hydrogen) atoms. The molecule has 5 nitrogen and oxygen atoms in total. The molecule has 0 unspecified atom stereocenters. The van der Waals surface area contributed by atoms with Gasteiger partial charge in [0.15, 0.2) is 9.84 Å². The third-order valence-electron chi connectivity index (χ3n) is 1.77. The molecule has 1 rings (SSSR count). The molecule has 0 heterocycles. The van der Waals surface area contributed by atoms with Crippen LogP contribution < -0.4 is 5.32 Å². The molecule has 1 aromatic carbocycles. The van der Waals surface area contributed by atoms with Gasteiger partial charge in [0.05, 0.1) is 4.90 Å². The molecule has 0 aliphatic heterocycles. The van der Waals surface area contributed by atoms with Crippen LogP contribution in [0.1, 0.15) is 5.56 Å². The average molecular weight is 229 g/mol. The first-order valence-electron chi connectivity index (χ1n) is 4.15. The zero-order chi connectivity index (χ0) is 11.5. The lowest BCUT2D eigenvalue weighted by molar-refractivity contribution is 0.194. The molecule has 1 amide bonds. The molecular formula is C9H11NO4S. The zero-order valence-corrected chi connectivity index (χ0v) is 8.91. The van der Waals surface area contributed by atoms with Crippen molar-refractivity contribution in [2.45, 2.75) is 11.4 Å². The molecule has 0 bridgehead atoms. The highest BCUT2D eigenvalue weighted by Crippen LogP contribution is 2.10. The van der Waals surface area contributed by atoms with Gasteiger partial charge in [-0.15, -0.1) is 0 Å². The van der Waals surface area contributed by atoms with Gasteiger partial charge in [-0.2, -0.15) is 0 Å². The lowest BCUT2D eigenvalue weighted by atomic mass is 10.2. The first-order chi connectivity index (χ1) is 6.89. The standard InChI is InChI=1S/C9H11NO4S/c1-15(13,14)8-4-2-3-7(5-8)6-10-9(11)12/h2-5,10H,6H2,1H3,(H,11,12). The Morgan fingerprint density at radius 3 is 2.67 bits per heavy atom. The number of amides is 1. The van der Waals surface area contributed by atoms with Gasteiger partial charge in [0, 0.05) is 12.8 Å². The van der Waals surface area contributed by atoms with Crippen molar-refractivity contribution < 1.29 is 18.3 Å². The van der Waals surface area contributed by atoms with Crippen molar-refractivity contribution in [3.63, 3.8) is 0 Å². The molecule has 0 saturated heterocycles. The molecule has 6 heteroatoms. The Morgan fingerprint density at radius 2 is 2.13 bits per heavy atom. The summed E-state index contributed by atoms with van der Waals surface area (Å²) >= 11 is 0. The summed E-state index contributed by atoms with van der Waals surface area (Å²) in [6.45, 7) is 0.0959. The van der Waals surface area contributed by atoms with E-state index in [-0.39, 0.29) is 11.4 Å². The van der Waals surface area contributed by atoms with E-state index in [1.807, 2.05) is 0 Å². The fourth-order valence-corrected chi connectivity index (χ4v) is 1.75. The maximum Gasteiger partial charge on any atom is 0.404 e. The van der Waals surface area contributed by atoms with Crippen LogP contribution in [0.2, 0.25) is 0 Å². The van der Waals surface area contributed by atoms with E-state index >= 15 is 0 Å². The van der Waals surface area contributed by atoms with Gasteiger partial charge < -0.3 is 10.4 Å². The summed E-state index contributed by atoms with van der Waals surface area (Å²) < 4.78 is 22.4. The Labute approximate surface area is 87.7 Å². The number of sulfone groups is 1. The lowest BCUT2D eigenvalue weighted by Gasteiger charge is -2.03. The monoisotopic (exact) mass is 229 g/mol. The fraction of sp³-hybridized carbons (Fsp3) is 0.222. The van der Waals surface area contributed by atoms with Crippen LogP contribution in [-0.2, 0) is 16.4 Å². The predicted molar refractivity (Wildman–Crippen MR) is 54.4 cm³/mol. The molecule has 0 aromatic heterocycles. The van der Waals surface area contributed by atoms with E-state index in [1.165, 1.54) is 12.1 Å². The first-order valence-corrected chi connectivity index (χ1v) is 6.04. The van der Waals surface area contributed by atoms with Crippen molar-refractivity contribution >= 4 is 15.9 Å². The normalized spacial score (nSPS) is 11.0. The number of carbonyl (C=O) groups is 1. The maximum absolute atomic E-state index is 11.2. The minimum atomic E-state index is -3.24. The fourth-order valence-electron chi connectivity index (χ4n) is 1.06. The van der Waals surface area contributed by atoms with Gasteiger partial charge in [0.25, 0.3) is 0 Å². The van der Waals surface area contributed by atoms with E-state index in [4.69, 9.17) is 5.11 Å². The quantitative estimate of drug-likeness (QED) is 0.805. The van der Waals surface area contributed by atoms with Crippen molar-refractivity contribution in [1.82, 2.24) is 5.32 Å². The number of rotatable bonds is 3. The van der Waals surface area contributed by atoms with Crippen LogP contribution in [0.4, 0.5) is 4.79 Å². The second kappa shape index (κ2) is 4.31. The van der Waals surface area contributed by atoms with Gasteiger partial charge in [0.2, 0.25) is 0 Å². The summed E-state index contributed by atoms with van der Waals surface area (Å²) in [4.78, 5) is 10.4. The summed E-state index contributed by atoms with van der Waals surface area (Å²) in [6.07, 6.45) is -0.0312. The lowest BCUT2D eigenvalue weighted by Crippen LogP contribution is -2.20. The Morgan fingerprint density at radius 1 is 1.47 bits per heavy atom. The smallest absolute Gasteiger partial charge is 0.404 e. The summed E-state index contributed by atoms with van der Waals surface area (Å²) in [5, 5.41) is 10.5. The van der Waals surface area contributed by atoms with Crippen LogP contribution in [0.3, 0.4) is 0 Å². The SMILES string of the molecule is CS(=O)(=O)c1cccc(CNC(=O)O)c1. The van der Waals surface area contributed by atoms with Crippen LogP contribution >= 0.6 is 0 Å². The van der Waals surface area contributed by atoms with Crippen LogP contribution in [0.5, 0.6) is 0 Å². The predicted octanol–water partition coefficient (Wildman–Crippen LogP) is 0.858. The molecular weight excluding hydrogens is 218 g/mol. The van der Waals surface area contributed by atoms with Gasteiger partial charge in [-0.3, -0.25) is 0 Å². The zero-order valence-electron chi connectivity index (χ0n) is 8.10.